The lowest BCUT2D eigenvalue weighted by molar-refractivity contribution is -0.146. The van der Waals surface area contributed by atoms with Gasteiger partial charge in [0, 0.05) is 6.42 Å². The first-order chi connectivity index (χ1) is 12.0. The second kappa shape index (κ2) is 7.74. The third kappa shape index (κ3) is 4.14. The summed E-state index contributed by atoms with van der Waals surface area (Å²) in [5.41, 5.74) is 3.18. The summed E-state index contributed by atoms with van der Waals surface area (Å²) in [7, 11) is 6.08. The maximum atomic E-state index is 5.69. The molecule has 1 saturated heterocycles. The topological polar surface area (TPSA) is 36.9 Å². The Morgan fingerprint density at radius 3 is 2.08 bits per heavy atom. The largest absolute Gasteiger partial charge is 0.496 e. The summed E-state index contributed by atoms with van der Waals surface area (Å²) in [4.78, 5) is 0. The van der Waals surface area contributed by atoms with E-state index in [2.05, 4.69) is 45.6 Å². The molecule has 0 bridgehead atoms. The van der Waals surface area contributed by atoms with Gasteiger partial charge in [-0.3, -0.25) is 0 Å². The van der Waals surface area contributed by atoms with Crippen LogP contribution in [0, 0.1) is 0 Å². The van der Waals surface area contributed by atoms with Crippen molar-refractivity contribution in [1.29, 1.82) is 0 Å². The van der Waals surface area contributed by atoms with Crippen LogP contribution in [-0.4, -0.2) is 33.2 Å². The van der Waals surface area contributed by atoms with Crippen LogP contribution in [0.3, 0.4) is 0 Å². The molecule has 0 aromatic heterocycles. The van der Waals surface area contributed by atoms with E-state index < -0.39 is 5.79 Å². The standard InChI is InChI=1S/C20H25O4P/c1-20(23-10-11-24-20)9-8-14-12-17(21-2)19(18(13-14)22-3)15-4-6-16(25)7-5-15/h4-7,12-13H,8-11,25H2,1-3H3. The number of hydrogen-bond donors (Lipinski definition) is 0. The predicted octanol–water partition coefficient (Wildman–Crippen LogP) is 3.57. The Morgan fingerprint density at radius 2 is 1.56 bits per heavy atom. The number of benzene rings is 2. The SMILES string of the molecule is COc1cc(CCC2(C)OCCO2)cc(OC)c1-c1ccc(P)cc1. The van der Waals surface area contributed by atoms with Crippen molar-refractivity contribution >= 4 is 14.5 Å². The second-order valence-corrected chi connectivity index (χ2v) is 6.99. The Hall–Kier alpha value is -1.61. The summed E-state index contributed by atoms with van der Waals surface area (Å²) < 4.78 is 22.7. The van der Waals surface area contributed by atoms with Crippen LogP contribution in [0.1, 0.15) is 18.9 Å². The van der Waals surface area contributed by atoms with Crippen molar-refractivity contribution in [1.82, 2.24) is 0 Å². The molecule has 134 valence electrons. The number of ether oxygens (including phenoxy) is 4. The molecular weight excluding hydrogens is 335 g/mol. The summed E-state index contributed by atoms with van der Waals surface area (Å²) in [5.74, 6) is 1.13. The Balaban J connectivity index is 1.90. The first-order valence-electron chi connectivity index (χ1n) is 8.43. The molecule has 2 aromatic rings. The van der Waals surface area contributed by atoms with Crippen molar-refractivity contribution in [2.24, 2.45) is 0 Å². The Kier molecular flexibility index (Phi) is 5.63. The van der Waals surface area contributed by atoms with E-state index in [1.165, 1.54) is 0 Å². The lowest BCUT2D eigenvalue weighted by Crippen LogP contribution is -2.26. The van der Waals surface area contributed by atoms with Crippen LogP contribution in [0.25, 0.3) is 11.1 Å². The van der Waals surface area contributed by atoms with Gasteiger partial charge in [-0.25, -0.2) is 0 Å². The van der Waals surface area contributed by atoms with Gasteiger partial charge in [-0.15, -0.1) is 9.24 Å². The molecule has 4 nitrogen and oxygen atoms in total. The van der Waals surface area contributed by atoms with Crippen LogP contribution in [0.4, 0.5) is 0 Å². The molecule has 0 amide bonds. The first-order valence-corrected chi connectivity index (χ1v) is 9.01. The highest BCUT2D eigenvalue weighted by molar-refractivity contribution is 7.27. The average Bonchev–Trinajstić information content (AvgIpc) is 3.07. The number of aryl methyl sites for hydroxylation is 1. The minimum atomic E-state index is -0.492. The van der Waals surface area contributed by atoms with E-state index in [0.29, 0.717) is 13.2 Å². The zero-order chi connectivity index (χ0) is 17.9. The van der Waals surface area contributed by atoms with Crippen molar-refractivity contribution < 1.29 is 18.9 Å². The maximum absolute atomic E-state index is 5.69. The smallest absolute Gasteiger partial charge is 0.166 e. The van der Waals surface area contributed by atoms with E-state index in [1.807, 2.05) is 6.92 Å². The normalized spacial score (nSPS) is 16.0. The lowest BCUT2D eigenvalue weighted by atomic mass is 9.98. The third-order valence-corrected chi connectivity index (χ3v) is 4.92. The summed E-state index contributed by atoms with van der Waals surface area (Å²) in [6.45, 7) is 3.31. The van der Waals surface area contributed by atoms with Gasteiger partial charge in [-0.2, -0.15) is 0 Å². The summed E-state index contributed by atoms with van der Waals surface area (Å²) in [6, 6.07) is 12.4. The summed E-state index contributed by atoms with van der Waals surface area (Å²) in [5, 5.41) is 1.14. The Labute approximate surface area is 151 Å². The molecular formula is C20H25O4P. The van der Waals surface area contributed by atoms with Gasteiger partial charge in [0.25, 0.3) is 0 Å². The molecule has 3 rings (SSSR count). The molecule has 1 aliphatic heterocycles. The quantitative estimate of drug-likeness (QED) is 0.738. The van der Waals surface area contributed by atoms with E-state index >= 15 is 0 Å². The van der Waals surface area contributed by atoms with Gasteiger partial charge >= 0.3 is 0 Å². The van der Waals surface area contributed by atoms with Crippen molar-refractivity contribution in [2.75, 3.05) is 27.4 Å². The molecule has 0 saturated carbocycles. The highest BCUT2D eigenvalue weighted by atomic mass is 31.0. The molecule has 1 atom stereocenters. The van der Waals surface area contributed by atoms with Gasteiger partial charge in [0.2, 0.25) is 0 Å². The molecule has 2 aromatic carbocycles. The van der Waals surface area contributed by atoms with Gasteiger partial charge in [0.05, 0.1) is 33.0 Å². The van der Waals surface area contributed by atoms with Gasteiger partial charge in [0.1, 0.15) is 11.5 Å². The summed E-state index contributed by atoms with van der Waals surface area (Å²) >= 11 is 0. The second-order valence-electron chi connectivity index (χ2n) is 6.33. The molecule has 1 fully saturated rings. The minimum Gasteiger partial charge on any atom is -0.496 e. The molecule has 1 unspecified atom stereocenters. The van der Waals surface area contributed by atoms with E-state index in [4.69, 9.17) is 18.9 Å². The fourth-order valence-corrected chi connectivity index (χ4v) is 3.31. The van der Waals surface area contributed by atoms with E-state index in [9.17, 15) is 0 Å². The predicted molar refractivity (Wildman–Crippen MR) is 103 cm³/mol. The lowest BCUT2D eigenvalue weighted by Gasteiger charge is -2.22. The van der Waals surface area contributed by atoms with Gasteiger partial charge in [0.15, 0.2) is 5.79 Å². The zero-order valence-corrected chi connectivity index (χ0v) is 16.2. The summed E-state index contributed by atoms with van der Waals surface area (Å²) in [6.07, 6.45) is 1.62. The maximum Gasteiger partial charge on any atom is 0.166 e. The Morgan fingerprint density at radius 1 is 1.00 bits per heavy atom. The van der Waals surface area contributed by atoms with Crippen molar-refractivity contribution in [3.8, 4) is 22.6 Å². The fraction of sp³-hybridized carbons (Fsp3) is 0.400. The minimum absolute atomic E-state index is 0.492. The number of methoxy groups -OCH3 is 2. The fourth-order valence-electron chi connectivity index (χ4n) is 3.12. The van der Waals surface area contributed by atoms with Crippen LogP contribution >= 0.6 is 9.24 Å². The van der Waals surface area contributed by atoms with Crippen LogP contribution in [0.15, 0.2) is 36.4 Å². The zero-order valence-electron chi connectivity index (χ0n) is 15.0. The van der Waals surface area contributed by atoms with E-state index in [-0.39, 0.29) is 0 Å². The van der Waals surface area contributed by atoms with Crippen molar-refractivity contribution in [3.05, 3.63) is 42.0 Å². The first kappa shape index (κ1) is 18.2. The van der Waals surface area contributed by atoms with Crippen LogP contribution in [0.5, 0.6) is 11.5 Å². The van der Waals surface area contributed by atoms with Crippen molar-refractivity contribution in [3.63, 3.8) is 0 Å². The van der Waals surface area contributed by atoms with Gasteiger partial charge in [-0.1, -0.05) is 24.3 Å². The van der Waals surface area contributed by atoms with Crippen LogP contribution in [-0.2, 0) is 15.9 Å². The molecule has 0 radical (unpaired) electrons. The molecule has 0 aliphatic carbocycles. The van der Waals surface area contributed by atoms with E-state index in [0.717, 1.165) is 46.3 Å². The van der Waals surface area contributed by atoms with Crippen LogP contribution < -0.4 is 14.8 Å². The molecule has 5 heteroatoms. The molecule has 1 heterocycles. The highest BCUT2D eigenvalue weighted by Gasteiger charge is 2.30. The van der Waals surface area contributed by atoms with E-state index in [1.54, 1.807) is 14.2 Å². The number of rotatable bonds is 6. The molecule has 0 N–H and O–H groups in total. The van der Waals surface area contributed by atoms with Crippen LogP contribution in [0.2, 0.25) is 0 Å². The molecule has 25 heavy (non-hydrogen) atoms. The number of hydrogen-bond acceptors (Lipinski definition) is 4. The third-order valence-electron chi connectivity index (χ3n) is 4.53. The monoisotopic (exact) mass is 360 g/mol. The highest BCUT2D eigenvalue weighted by Crippen LogP contribution is 2.40. The average molecular weight is 360 g/mol. The molecule has 0 spiro atoms. The van der Waals surface area contributed by atoms with Gasteiger partial charge in [-0.05, 0) is 41.9 Å². The van der Waals surface area contributed by atoms with Crippen molar-refractivity contribution in [2.45, 2.75) is 25.6 Å². The molecule has 1 aliphatic rings. The Bertz CT molecular complexity index is 696. The van der Waals surface area contributed by atoms with Gasteiger partial charge < -0.3 is 18.9 Å².